The number of rotatable bonds is 3. The van der Waals surface area contributed by atoms with Crippen molar-refractivity contribution in [3.63, 3.8) is 0 Å². The third kappa shape index (κ3) is 2.62. The number of nitrogen functional groups attached to an aromatic ring is 1. The molecule has 90 valence electrons. The van der Waals surface area contributed by atoms with Crippen LogP contribution in [-0.4, -0.2) is 29.4 Å². The van der Waals surface area contributed by atoms with E-state index in [0.29, 0.717) is 23.0 Å². The Labute approximate surface area is 105 Å². The summed E-state index contributed by atoms with van der Waals surface area (Å²) in [7, 11) is 1.53. The van der Waals surface area contributed by atoms with Crippen molar-refractivity contribution in [1.82, 2.24) is 15.0 Å². The molecule has 18 heavy (non-hydrogen) atoms. The van der Waals surface area contributed by atoms with Crippen molar-refractivity contribution in [1.29, 1.82) is 0 Å². The van der Waals surface area contributed by atoms with Crippen LogP contribution in [0.5, 0.6) is 0 Å². The molecule has 0 atom stereocenters. The molecule has 0 bridgehead atoms. The lowest BCUT2D eigenvalue weighted by Crippen LogP contribution is -1.96. The molecular formula is C11H12BN5O. The quantitative estimate of drug-likeness (QED) is 0.484. The molecule has 6 nitrogen and oxygen atoms in total. The second-order valence-electron chi connectivity index (χ2n) is 3.59. The van der Waals surface area contributed by atoms with E-state index in [1.165, 1.54) is 14.4 Å². The maximum atomic E-state index is 5.87. The van der Waals surface area contributed by atoms with Crippen LogP contribution in [0, 0.1) is 6.92 Å². The first kappa shape index (κ1) is 12.0. The molecule has 0 aromatic carbocycles. The van der Waals surface area contributed by atoms with Gasteiger partial charge in [-0.15, -0.1) is 0 Å². The predicted molar refractivity (Wildman–Crippen MR) is 72.2 cm³/mol. The molecule has 2 aromatic rings. The van der Waals surface area contributed by atoms with Crippen LogP contribution in [0.15, 0.2) is 29.5 Å². The van der Waals surface area contributed by atoms with E-state index in [9.17, 15) is 0 Å². The Bertz CT molecular complexity index is 587. The topological polar surface area (TPSA) is 86.3 Å². The molecule has 0 aliphatic carbocycles. The summed E-state index contributed by atoms with van der Waals surface area (Å²) in [5.74, 6) is 1.14. The SMILES string of the molecule is BOC=Nc1cc(-c2ccncc2N)nc(C)n1. The fraction of sp³-hybridized carbons (Fsp3) is 0.0909. The smallest absolute Gasteiger partial charge is 0.323 e. The molecule has 0 amide bonds. The van der Waals surface area contributed by atoms with Gasteiger partial charge in [-0.25, -0.2) is 15.0 Å². The molecular weight excluding hydrogens is 229 g/mol. The van der Waals surface area contributed by atoms with E-state index in [-0.39, 0.29) is 0 Å². The van der Waals surface area contributed by atoms with E-state index in [0.717, 1.165) is 5.56 Å². The number of aryl methyl sites for hydroxylation is 1. The molecule has 2 N–H and O–H groups in total. The predicted octanol–water partition coefficient (Wildman–Crippen LogP) is 0.654. The molecule has 0 fully saturated rings. The van der Waals surface area contributed by atoms with Crippen molar-refractivity contribution >= 4 is 26.0 Å². The van der Waals surface area contributed by atoms with Crippen molar-refractivity contribution in [3.8, 4) is 11.3 Å². The highest BCUT2D eigenvalue weighted by molar-refractivity contribution is 6.02. The van der Waals surface area contributed by atoms with Crippen molar-refractivity contribution in [2.24, 2.45) is 4.99 Å². The summed E-state index contributed by atoms with van der Waals surface area (Å²) >= 11 is 0. The monoisotopic (exact) mass is 241 g/mol. The molecule has 0 aliphatic rings. The number of nitrogens with zero attached hydrogens (tertiary/aromatic N) is 4. The molecule has 2 aromatic heterocycles. The van der Waals surface area contributed by atoms with E-state index in [2.05, 4.69) is 19.9 Å². The van der Waals surface area contributed by atoms with E-state index < -0.39 is 0 Å². The number of pyridine rings is 1. The van der Waals surface area contributed by atoms with E-state index in [1.54, 1.807) is 31.5 Å². The second-order valence-corrected chi connectivity index (χ2v) is 3.59. The van der Waals surface area contributed by atoms with Crippen LogP contribution in [0.2, 0.25) is 0 Å². The van der Waals surface area contributed by atoms with Gasteiger partial charge in [0.25, 0.3) is 0 Å². The van der Waals surface area contributed by atoms with Crippen molar-refractivity contribution in [2.75, 3.05) is 5.73 Å². The maximum Gasteiger partial charge on any atom is 0.323 e. The lowest BCUT2D eigenvalue weighted by molar-refractivity contribution is 0.640. The maximum absolute atomic E-state index is 5.87. The van der Waals surface area contributed by atoms with Gasteiger partial charge in [-0.2, -0.15) is 0 Å². The van der Waals surface area contributed by atoms with Crippen molar-refractivity contribution < 1.29 is 4.65 Å². The third-order valence-corrected chi connectivity index (χ3v) is 2.24. The fourth-order valence-electron chi connectivity index (χ4n) is 1.50. The molecule has 0 aliphatic heterocycles. The first-order chi connectivity index (χ1) is 8.70. The van der Waals surface area contributed by atoms with Crippen LogP contribution in [0.25, 0.3) is 11.3 Å². The molecule has 2 rings (SSSR count). The van der Waals surface area contributed by atoms with Crippen LogP contribution in [0.4, 0.5) is 11.5 Å². The van der Waals surface area contributed by atoms with Gasteiger partial charge in [-0.1, -0.05) is 0 Å². The van der Waals surface area contributed by atoms with E-state index in [4.69, 9.17) is 10.4 Å². The zero-order valence-electron chi connectivity index (χ0n) is 10.2. The zero-order valence-corrected chi connectivity index (χ0v) is 10.2. The molecule has 0 saturated carbocycles. The van der Waals surface area contributed by atoms with Gasteiger partial charge in [0.2, 0.25) is 0 Å². The zero-order chi connectivity index (χ0) is 13.0. The Morgan fingerprint density at radius 3 is 3.00 bits per heavy atom. The van der Waals surface area contributed by atoms with Gasteiger partial charge in [0, 0.05) is 17.8 Å². The first-order valence-electron chi connectivity index (χ1n) is 5.31. The van der Waals surface area contributed by atoms with Gasteiger partial charge in [0.05, 0.1) is 17.6 Å². The summed E-state index contributed by atoms with van der Waals surface area (Å²) < 4.78 is 4.77. The van der Waals surface area contributed by atoms with Gasteiger partial charge in [-0.3, -0.25) is 4.98 Å². The van der Waals surface area contributed by atoms with Crippen LogP contribution in [-0.2, 0) is 4.65 Å². The molecule has 7 heteroatoms. The highest BCUT2D eigenvalue weighted by atomic mass is 16.4. The molecule has 0 saturated heterocycles. The average molecular weight is 241 g/mol. The van der Waals surface area contributed by atoms with Gasteiger partial charge in [0.1, 0.15) is 5.82 Å². The number of hydrogen-bond donors (Lipinski definition) is 1. The highest BCUT2D eigenvalue weighted by Gasteiger charge is 2.06. The number of aromatic nitrogens is 3. The van der Waals surface area contributed by atoms with Gasteiger partial charge >= 0.3 is 8.05 Å². The summed E-state index contributed by atoms with van der Waals surface area (Å²) in [5, 5.41) is 0. The Morgan fingerprint density at radius 1 is 1.44 bits per heavy atom. The molecule has 0 radical (unpaired) electrons. The summed E-state index contributed by atoms with van der Waals surface area (Å²) in [6, 6.07) is 3.55. The summed E-state index contributed by atoms with van der Waals surface area (Å²) in [6.45, 7) is 1.80. The molecule has 0 spiro atoms. The Hall–Kier alpha value is -2.44. The minimum absolute atomic E-state index is 0.524. The Morgan fingerprint density at radius 2 is 2.28 bits per heavy atom. The van der Waals surface area contributed by atoms with Gasteiger partial charge < -0.3 is 10.4 Å². The van der Waals surface area contributed by atoms with Crippen molar-refractivity contribution in [3.05, 3.63) is 30.4 Å². The number of anilines is 1. The van der Waals surface area contributed by atoms with Crippen molar-refractivity contribution in [2.45, 2.75) is 6.92 Å². The minimum Gasteiger partial charge on any atom is -0.560 e. The summed E-state index contributed by atoms with van der Waals surface area (Å²) in [6.07, 6.45) is 4.58. The lowest BCUT2D eigenvalue weighted by atomic mass is 10.1. The van der Waals surface area contributed by atoms with Crippen LogP contribution >= 0.6 is 0 Å². The standard InChI is InChI=1S/C11H12BN5O/c1-7-16-10(4-11(17-7)15-6-18-12)8-2-3-14-5-9(8)13/h2-6H,12-13H2,1H3. The number of aliphatic imine (C=N–C) groups is 1. The Kier molecular flexibility index (Phi) is 3.52. The third-order valence-electron chi connectivity index (χ3n) is 2.24. The van der Waals surface area contributed by atoms with Crippen LogP contribution < -0.4 is 5.73 Å². The summed E-state index contributed by atoms with van der Waals surface area (Å²) in [4.78, 5) is 16.5. The largest absolute Gasteiger partial charge is 0.560 e. The Balaban J connectivity index is 2.49. The van der Waals surface area contributed by atoms with Gasteiger partial charge in [0.15, 0.2) is 12.2 Å². The second kappa shape index (κ2) is 5.26. The molecule has 2 heterocycles. The first-order valence-corrected chi connectivity index (χ1v) is 5.31. The van der Waals surface area contributed by atoms with E-state index in [1.807, 2.05) is 0 Å². The lowest BCUT2D eigenvalue weighted by Gasteiger charge is -2.05. The highest BCUT2D eigenvalue weighted by Crippen LogP contribution is 2.25. The number of hydrogen-bond acceptors (Lipinski definition) is 6. The van der Waals surface area contributed by atoms with Crippen LogP contribution in [0.1, 0.15) is 5.82 Å². The normalized spacial score (nSPS) is 10.7. The summed E-state index contributed by atoms with van der Waals surface area (Å²) in [5.41, 5.74) is 7.96. The molecule has 0 unspecified atom stereocenters. The minimum atomic E-state index is 0.524. The average Bonchev–Trinajstić information content (AvgIpc) is 2.36. The van der Waals surface area contributed by atoms with E-state index >= 15 is 0 Å². The van der Waals surface area contributed by atoms with Crippen LogP contribution in [0.3, 0.4) is 0 Å². The number of nitrogens with two attached hydrogens (primary N) is 1. The fourth-order valence-corrected chi connectivity index (χ4v) is 1.50. The van der Waals surface area contributed by atoms with Gasteiger partial charge in [-0.05, 0) is 13.0 Å².